The zero-order valence-corrected chi connectivity index (χ0v) is 13.2. The van der Waals surface area contributed by atoms with Gasteiger partial charge in [0, 0.05) is 17.0 Å². The number of halogens is 2. The van der Waals surface area contributed by atoms with Crippen molar-refractivity contribution in [3.63, 3.8) is 0 Å². The van der Waals surface area contributed by atoms with Crippen molar-refractivity contribution < 1.29 is 12.8 Å². The van der Waals surface area contributed by atoms with E-state index in [9.17, 15) is 12.8 Å². The second-order valence-electron chi connectivity index (χ2n) is 3.89. The van der Waals surface area contributed by atoms with Gasteiger partial charge in [0.1, 0.15) is 5.82 Å². The van der Waals surface area contributed by atoms with E-state index < -0.39 is 15.8 Å². The number of sulfonamides is 1. The standard InChI is InChI=1S/C12H11BrFNO2S2/c1-8-11(6-12(13)18-8)19(16,17)15-7-9-4-2-3-5-10(9)14/h2-6,15H,7H2,1H3. The molecule has 0 aliphatic rings. The van der Waals surface area contributed by atoms with Crippen LogP contribution in [-0.4, -0.2) is 8.42 Å². The SMILES string of the molecule is Cc1sc(Br)cc1S(=O)(=O)NCc1ccccc1F. The molecule has 1 N–H and O–H groups in total. The van der Waals surface area contributed by atoms with Gasteiger partial charge in [0.15, 0.2) is 0 Å². The van der Waals surface area contributed by atoms with E-state index in [2.05, 4.69) is 20.7 Å². The van der Waals surface area contributed by atoms with E-state index in [1.165, 1.54) is 17.4 Å². The molecule has 0 aliphatic carbocycles. The van der Waals surface area contributed by atoms with Crippen LogP contribution in [-0.2, 0) is 16.6 Å². The molecule has 19 heavy (non-hydrogen) atoms. The third kappa shape index (κ3) is 3.42. The van der Waals surface area contributed by atoms with Gasteiger partial charge in [-0.15, -0.1) is 11.3 Å². The van der Waals surface area contributed by atoms with Gasteiger partial charge in [-0.05, 0) is 35.0 Å². The van der Waals surface area contributed by atoms with Gasteiger partial charge in [-0.2, -0.15) is 0 Å². The summed E-state index contributed by atoms with van der Waals surface area (Å²) in [5.41, 5.74) is 0.318. The lowest BCUT2D eigenvalue weighted by molar-refractivity contribution is 0.574. The van der Waals surface area contributed by atoms with Crippen LogP contribution in [0, 0.1) is 12.7 Å². The number of thiophene rings is 1. The summed E-state index contributed by atoms with van der Waals surface area (Å²) in [6.45, 7) is 1.66. The van der Waals surface area contributed by atoms with Crippen molar-refractivity contribution in [3.05, 3.63) is 50.4 Å². The fourth-order valence-corrected chi connectivity index (χ4v) is 5.01. The molecule has 3 nitrogen and oxygen atoms in total. The maximum absolute atomic E-state index is 13.4. The van der Waals surface area contributed by atoms with Gasteiger partial charge in [-0.3, -0.25) is 0 Å². The van der Waals surface area contributed by atoms with Gasteiger partial charge >= 0.3 is 0 Å². The predicted octanol–water partition coefficient (Wildman–Crippen LogP) is 3.44. The van der Waals surface area contributed by atoms with Crippen molar-refractivity contribution in [3.8, 4) is 0 Å². The average Bonchev–Trinajstić information content (AvgIpc) is 2.68. The number of benzene rings is 1. The van der Waals surface area contributed by atoms with E-state index in [4.69, 9.17) is 0 Å². The number of nitrogens with one attached hydrogen (secondary N) is 1. The Hall–Kier alpha value is -0.760. The minimum absolute atomic E-state index is 0.0675. The normalized spacial score (nSPS) is 11.7. The molecule has 0 saturated carbocycles. The highest BCUT2D eigenvalue weighted by Crippen LogP contribution is 2.29. The lowest BCUT2D eigenvalue weighted by atomic mass is 10.2. The molecule has 0 unspecified atom stereocenters. The molecule has 0 saturated heterocycles. The average molecular weight is 364 g/mol. The molecule has 1 aromatic heterocycles. The number of aryl methyl sites for hydroxylation is 1. The highest BCUT2D eigenvalue weighted by molar-refractivity contribution is 9.11. The Morgan fingerprint density at radius 1 is 1.37 bits per heavy atom. The molecule has 0 spiro atoms. The zero-order valence-electron chi connectivity index (χ0n) is 9.98. The number of hydrogen-bond donors (Lipinski definition) is 1. The summed E-state index contributed by atoms with van der Waals surface area (Å²) >= 11 is 4.59. The molecule has 0 bridgehead atoms. The highest BCUT2D eigenvalue weighted by Gasteiger charge is 2.19. The lowest BCUT2D eigenvalue weighted by Crippen LogP contribution is -2.23. The second-order valence-corrected chi connectivity index (χ2v) is 8.26. The Balaban J connectivity index is 2.19. The van der Waals surface area contributed by atoms with Crippen LogP contribution in [0.2, 0.25) is 0 Å². The number of rotatable bonds is 4. The van der Waals surface area contributed by atoms with E-state index in [0.29, 0.717) is 10.4 Å². The minimum Gasteiger partial charge on any atom is -0.207 e. The first-order chi connectivity index (χ1) is 8.90. The zero-order chi connectivity index (χ0) is 14.0. The van der Waals surface area contributed by atoms with E-state index in [1.807, 2.05) is 0 Å². The summed E-state index contributed by atoms with van der Waals surface area (Å²) in [6, 6.07) is 7.63. The second kappa shape index (κ2) is 5.70. The van der Waals surface area contributed by atoms with Gasteiger partial charge in [0.25, 0.3) is 0 Å². The van der Waals surface area contributed by atoms with Gasteiger partial charge < -0.3 is 0 Å². The first kappa shape index (κ1) is 14.6. The van der Waals surface area contributed by atoms with Gasteiger partial charge in [0.05, 0.1) is 8.68 Å². The quantitative estimate of drug-likeness (QED) is 0.904. The van der Waals surface area contributed by atoms with Gasteiger partial charge in [-0.1, -0.05) is 18.2 Å². The molecular formula is C12H11BrFNO2S2. The summed E-state index contributed by atoms with van der Waals surface area (Å²) in [6.07, 6.45) is 0. The van der Waals surface area contributed by atoms with Crippen molar-refractivity contribution >= 4 is 37.3 Å². The van der Waals surface area contributed by atoms with Crippen LogP contribution in [0.15, 0.2) is 39.0 Å². The third-order valence-corrected chi connectivity index (χ3v) is 5.75. The summed E-state index contributed by atoms with van der Waals surface area (Å²) in [4.78, 5) is 0.911. The molecule has 102 valence electrons. The molecule has 0 fully saturated rings. The van der Waals surface area contributed by atoms with Crippen LogP contribution in [0.1, 0.15) is 10.4 Å². The maximum atomic E-state index is 13.4. The molecule has 1 heterocycles. The third-order valence-electron chi connectivity index (χ3n) is 2.54. The lowest BCUT2D eigenvalue weighted by Gasteiger charge is -2.07. The molecule has 1 aromatic carbocycles. The molecule has 0 atom stereocenters. The Bertz CT molecular complexity index is 698. The van der Waals surface area contributed by atoms with Crippen LogP contribution in [0.5, 0.6) is 0 Å². The topological polar surface area (TPSA) is 46.2 Å². The van der Waals surface area contributed by atoms with E-state index >= 15 is 0 Å². The number of hydrogen-bond acceptors (Lipinski definition) is 3. The summed E-state index contributed by atoms with van der Waals surface area (Å²) < 4.78 is 40.8. The van der Waals surface area contributed by atoms with Crippen LogP contribution in [0.3, 0.4) is 0 Å². The molecule has 0 aliphatic heterocycles. The molecule has 2 aromatic rings. The molecule has 2 rings (SSSR count). The van der Waals surface area contributed by atoms with Crippen LogP contribution in [0.25, 0.3) is 0 Å². The summed E-state index contributed by atoms with van der Waals surface area (Å²) in [5, 5.41) is 0. The maximum Gasteiger partial charge on any atom is 0.242 e. The minimum atomic E-state index is -3.62. The van der Waals surface area contributed by atoms with Crippen LogP contribution < -0.4 is 4.72 Å². The van der Waals surface area contributed by atoms with Crippen molar-refractivity contribution in [2.75, 3.05) is 0 Å². The van der Waals surface area contributed by atoms with Crippen molar-refractivity contribution in [1.29, 1.82) is 0 Å². The summed E-state index contributed by atoms with van der Waals surface area (Å²) in [5.74, 6) is -0.423. The van der Waals surface area contributed by atoms with E-state index in [-0.39, 0.29) is 11.4 Å². The van der Waals surface area contributed by atoms with Crippen molar-refractivity contribution in [1.82, 2.24) is 4.72 Å². The Morgan fingerprint density at radius 3 is 2.63 bits per heavy atom. The molecule has 0 radical (unpaired) electrons. The Morgan fingerprint density at radius 2 is 2.05 bits per heavy atom. The first-order valence-electron chi connectivity index (χ1n) is 5.39. The largest absolute Gasteiger partial charge is 0.242 e. The van der Waals surface area contributed by atoms with E-state index in [0.717, 1.165) is 3.79 Å². The molecular weight excluding hydrogens is 353 g/mol. The predicted molar refractivity (Wildman–Crippen MR) is 77.2 cm³/mol. The molecule has 0 amide bonds. The van der Waals surface area contributed by atoms with E-state index in [1.54, 1.807) is 31.2 Å². The molecule has 7 heteroatoms. The Labute approximate surface area is 123 Å². The first-order valence-corrected chi connectivity index (χ1v) is 8.48. The smallest absolute Gasteiger partial charge is 0.207 e. The fraction of sp³-hybridized carbons (Fsp3) is 0.167. The van der Waals surface area contributed by atoms with Crippen molar-refractivity contribution in [2.24, 2.45) is 0 Å². The van der Waals surface area contributed by atoms with Gasteiger partial charge in [-0.25, -0.2) is 17.5 Å². The fourth-order valence-electron chi connectivity index (χ4n) is 1.59. The highest BCUT2D eigenvalue weighted by atomic mass is 79.9. The van der Waals surface area contributed by atoms with Crippen molar-refractivity contribution in [2.45, 2.75) is 18.4 Å². The van der Waals surface area contributed by atoms with Crippen LogP contribution in [0.4, 0.5) is 4.39 Å². The monoisotopic (exact) mass is 363 g/mol. The van der Waals surface area contributed by atoms with Gasteiger partial charge in [0.2, 0.25) is 10.0 Å². The van der Waals surface area contributed by atoms with Crippen LogP contribution >= 0.6 is 27.3 Å². The Kier molecular flexibility index (Phi) is 4.39. The summed E-state index contributed by atoms with van der Waals surface area (Å²) in [7, 11) is -3.62.